The van der Waals surface area contributed by atoms with Crippen LogP contribution in [0.25, 0.3) is 21.0 Å². The van der Waals surface area contributed by atoms with Crippen LogP contribution in [0.4, 0.5) is 0 Å². The van der Waals surface area contributed by atoms with Gasteiger partial charge in [-0.2, -0.15) is 0 Å². The van der Waals surface area contributed by atoms with Gasteiger partial charge in [0.2, 0.25) is 0 Å². The molecule has 0 fully saturated rings. The molecule has 0 amide bonds. The van der Waals surface area contributed by atoms with Crippen molar-refractivity contribution in [2.45, 2.75) is 0 Å². The number of benzene rings is 2. The van der Waals surface area contributed by atoms with Crippen molar-refractivity contribution >= 4 is 55.7 Å². The summed E-state index contributed by atoms with van der Waals surface area (Å²) in [6.07, 6.45) is 3.90. The summed E-state index contributed by atoms with van der Waals surface area (Å²) in [6.45, 7) is 0. The number of pyridine rings is 1. The zero-order chi connectivity index (χ0) is 13.4. The van der Waals surface area contributed by atoms with Crippen molar-refractivity contribution in [1.82, 2.24) is 9.97 Å². The molecule has 4 aromatic rings. The number of para-hydroxylation sites is 1. The van der Waals surface area contributed by atoms with Crippen LogP contribution in [0.5, 0.6) is 0 Å². The van der Waals surface area contributed by atoms with E-state index in [4.69, 9.17) is 4.98 Å². The Labute approximate surface area is 126 Å². The van der Waals surface area contributed by atoms with Crippen LogP contribution >= 0.6 is 11.3 Å². The molecule has 0 atom stereocenters. The average molecular weight is 341 g/mol. The molecule has 0 radical (unpaired) electrons. The minimum atomic E-state index is 0.206. The number of fused-ring (bicyclic) bond motifs is 2. The molecule has 2 aromatic heterocycles. The summed E-state index contributed by atoms with van der Waals surface area (Å²) >= 11 is 2.00. The van der Waals surface area contributed by atoms with E-state index in [1.54, 1.807) is 11.3 Å². The van der Waals surface area contributed by atoms with Gasteiger partial charge < -0.3 is 0 Å². The van der Waals surface area contributed by atoms with Gasteiger partial charge in [-0.15, -0.1) is 0 Å². The topological polar surface area (TPSA) is 25.8 Å². The summed E-state index contributed by atoms with van der Waals surface area (Å²) in [5.74, 6) is 0. The van der Waals surface area contributed by atoms with Crippen LogP contribution in [-0.4, -0.2) is 24.9 Å². The van der Waals surface area contributed by atoms with E-state index < -0.39 is 0 Å². The summed E-state index contributed by atoms with van der Waals surface area (Å²) in [6, 6.07) is 16.7. The molecule has 2 aromatic carbocycles. The van der Waals surface area contributed by atoms with Crippen LogP contribution in [0.3, 0.4) is 0 Å². The third-order valence-corrected chi connectivity index (χ3v) is 6.59. The molecule has 2 heterocycles. The fraction of sp³-hybridized carbons (Fsp3) is 0. The number of thiazole rings is 1. The van der Waals surface area contributed by atoms with E-state index >= 15 is 0 Å². The first-order chi connectivity index (χ1) is 9.90. The van der Waals surface area contributed by atoms with Crippen molar-refractivity contribution < 1.29 is 0 Å². The monoisotopic (exact) mass is 342 g/mol. The first kappa shape index (κ1) is 12.0. The third-order valence-electron chi connectivity index (χ3n) is 3.10. The van der Waals surface area contributed by atoms with Crippen LogP contribution < -0.4 is 8.37 Å². The third kappa shape index (κ3) is 2.12. The molecule has 4 rings (SSSR count). The SMILES string of the molecule is c1ccc2c([Se]c3nc4ccccc4s3)cncc2c1. The quantitative estimate of drug-likeness (QED) is 0.524. The number of nitrogens with zero attached hydrogens (tertiary/aromatic N) is 2. The Bertz CT molecular complexity index is 863. The van der Waals surface area contributed by atoms with Crippen molar-refractivity contribution in [3.05, 3.63) is 60.9 Å². The molecule has 4 heteroatoms. The molecule has 0 saturated carbocycles. The van der Waals surface area contributed by atoms with E-state index in [0.717, 1.165) is 5.52 Å². The van der Waals surface area contributed by atoms with E-state index in [-0.39, 0.29) is 15.0 Å². The van der Waals surface area contributed by atoms with E-state index in [1.807, 2.05) is 18.5 Å². The van der Waals surface area contributed by atoms with Gasteiger partial charge in [0.05, 0.1) is 0 Å². The van der Waals surface area contributed by atoms with Gasteiger partial charge in [0, 0.05) is 0 Å². The average Bonchev–Trinajstić information content (AvgIpc) is 2.90. The van der Waals surface area contributed by atoms with Crippen molar-refractivity contribution in [1.29, 1.82) is 0 Å². The van der Waals surface area contributed by atoms with Crippen LogP contribution in [0.2, 0.25) is 0 Å². The number of aromatic nitrogens is 2. The fourth-order valence-electron chi connectivity index (χ4n) is 2.16. The van der Waals surface area contributed by atoms with Gasteiger partial charge in [-0.25, -0.2) is 0 Å². The Balaban J connectivity index is 1.80. The molecule has 0 spiro atoms. The van der Waals surface area contributed by atoms with Crippen molar-refractivity contribution in [3.8, 4) is 0 Å². The first-order valence-corrected chi connectivity index (χ1v) is 8.79. The van der Waals surface area contributed by atoms with Crippen LogP contribution in [0.1, 0.15) is 0 Å². The van der Waals surface area contributed by atoms with E-state index in [0.29, 0.717) is 0 Å². The standard InChI is InChI=1S/C16H10N2SSe/c1-2-6-12-11(5-1)9-17-10-15(12)20-16-18-13-7-3-4-8-14(13)19-16/h1-10H. The maximum absolute atomic E-state index is 4.73. The Morgan fingerprint density at radius 3 is 2.70 bits per heavy atom. The molecule has 0 aliphatic carbocycles. The molecule has 0 aliphatic rings. The summed E-state index contributed by atoms with van der Waals surface area (Å²) in [4.78, 5) is 9.09. The predicted octanol–water partition coefficient (Wildman–Crippen LogP) is 2.50. The van der Waals surface area contributed by atoms with Crippen LogP contribution in [0.15, 0.2) is 60.9 Å². The molecule has 0 bridgehead atoms. The zero-order valence-corrected chi connectivity index (χ0v) is 13.0. The molecule has 0 N–H and O–H groups in total. The number of hydrogen-bond acceptors (Lipinski definition) is 3. The van der Waals surface area contributed by atoms with Gasteiger partial charge in [0.25, 0.3) is 0 Å². The van der Waals surface area contributed by atoms with Gasteiger partial charge in [0.1, 0.15) is 0 Å². The Hall–Kier alpha value is -1.74. The normalized spacial score (nSPS) is 11.2. The maximum atomic E-state index is 4.73. The van der Waals surface area contributed by atoms with Gasteiger partial charge in [0.15, 0.2) is 0 Å². The van der Waals surface area contributed by atoms with E-state index in [1.165, 1.54) is 23.8 Å². The summed E-state index contributed by atoms with van der Waals surface area (Å²) in [7, 11) is 0. The van der Waals surface area contributed by atoms with Crippen molar-refractivity contribution in [2.75, 3.05) is 0 Å². The van der Waals surface area contributed by atoms with Crippen molar-refractivity contribution in [2.24, 2.45) is 0 Å². The first-order valence-electron chi connectivity index (χ1n) is 6.26. The number of hydrogen-bond donors (Lipinski definition) is 0. The Morgan fingerprint density at radius 2 is 1.75 bits per heavy atom. The second-order valence-electron chi connectivity index (χ2n) is 4.41. The molecular weight excluding hydrogens is 331 g/mol. The van der Waals surface area contributed by atoms with Crippen molar-refractivity contribution in [3.63, 3.8) is 0 Å². The Kier molecular flexibility index (Phi) is 3.00. The van der Waals surface area contributed by atoms with Gasteiger partial charge in [-0.3, -0.25) is 0 Å². The predicted molar refractivity (Wildman–Crippen MR) is 86.4 cm³/mol. The zero-order valence-electron chi connectivity index (χ0n) is 10.5. The van der Waals surface area contributed by atoms with E-state index in [2.05, 4.69) is 47.4 Å². The molecule has 0 saturated heterocycles. The molecule has 0 unspecified atom stereocenters. The Morgan fingerprint density at radius 1 is 0.900 bits per heavy atom. The molecule has 2 nitrogen and oxygen atoms in total. The van der Waals surface area contributed by atoms with E-state index in [9.17, 15) is 0 Å². The summed E-state index contributed by atoms with van der Waals surface area (Å²) < 4.78 is 3.77. The molecular formula is C16H10N2SSe. The van der Waals surface area contributed by atoms with Gasteiger partial charge in [-0.1, -0.05) is 0 Å². The van der Waals surface area contributed by atoms with Gasteiger partial charge >= 0.3 is 127 Å². The molecule has 0 aliphatic heterocycles. The van der Waals surface area contributed by atoms with Gasteiger partial charge in [-0.05, 0) is 0 Å². The molecule has 96 valence electrons. The molecule has 20 heavy (non-hydrogen) atoms. The van der Waals surface area contributed by atoms with Crippen LogP contribution in [0, 0.1) is 0 Å². The second-order valence-corrected chi connectivity index (χ2v) is 8.18. The van der Waals surface area contributed by atoms with Crippen LogP contribution in [-0.2, 0) is 0 Å². The minimum absolute atomic E-state index is 0.206. The second kappa shape index (κ2) is 4.98. The fourth-order valence-corrected chi connectivity index (χ4v) is 5.75. The number of rotatable bonds is 2. The summed E-state index contributed by atoms with van der Waals surface area (Å²) in [5.41, 5.74) is 1.10. The summed E-state index contributed by atoms with van der Waals surface area (Å²) in [5, 5.41) is 2.50.